The third kappa shape index (κ3) is 5.92. The molecule has 1 aliphatic rings. The van der Waals surface area contributed by atoms with Crippen LogP contribution in [-0.4, -0.2) is 29.4 Å². The third-order valence-corrected chi connectivity index (χ3v) is 5.30. The van der Waals surface area contributed by atoms with E-state index in [1.54, 1.807) is 19.2 Å². The molecule has 7 heteroatoms. The number of carbonyl (C=O) groups excluding carboxylic acids is 1. The summed E-state index contributed by atoms with van der Waals surface area (Å²) in [5.74, 6) is 1.36. The molecule has 0 atom stereocenters. The van der Waals surface area contributed by atoms with Crippen molar-refractivity contribution in [2.75, 3.05) is 13.7 Å². The topological polar surface area (TPSA) is 67.6 Å². The number of oxazole rings is 1. The number of para-hydroxylation sites is 1. The summed E-state index contributed by atoms with van der Waals surface area (Å²) in [4.78, 5) is 18.8. The van der Waals surface area contributed by atoms with Crippen LogP contribution in [-0.2, 0) is 19.6 Å². The number of methoxy groups -OCH3 is 1. The third-order valence-electron chi connectivity index (χ3n) is 5.30. The van der Waals surface area contributed by atoms with Crippen molar-refractivity contribution in [2.24, 2.45) is 5.92 Å². The van der Waals surface area contributed by atoms with Crippen LogP contribution >= 0.6 is 0 Å². The zero-order valence-corrected chi connectivity index (χ0v) is 17.5. The van der Waals surface area contributed by atoms with Crippen molar-refractivity contribution in [1.82, 2.24) is 15.2 Å². The van der Waals surface area contributed by atoms with Crippen LogP contribution in [0.25, 0.3) is 0 Å². The van der Waals surface area contributed by atoms with Crippen molar-refractivity contribution in [3.05, 3.63) is 83.3 Å². The lowest BCUT2D eigenvalue weighted by molar-refractivity contribution is 0.0946. The summed E-state index contributed by atoms with van der Waals surface area (Å²) in [6.45, 7) is 2.22. The molecule has 0 bridgehead atoms. The Balaban J connectivity index is 1.48. The highest BCUT2D eigenvalue weighted by molar-refractivity contribution is 5.91. The first-order chi connectivity index (χ1) is 15.1. The van der Waals surface area contributed by atoms with Crippen molar-refractivity contribution in [3.8, 4) is 5.75 Å². The van der Waals surface area contributed by atoms with E-state index < -0.39 is 0 Å². The van der Waals surface area contributed by atoms with Crippen LogP contribution < -0.4 is 10.1 Å². The maximum absolute atomic E-state index is 13.3. The van der Waals surface area contributed by atoms with E-state index in [1.165, 1.54) is 31.2 Å². The largest absolute Gasteiger partial charge is 0.496 e. The van der Waals surface area contributed by atoms with Crippen molar-refractivity contribution >= 4 is 5.91 Å². The first kappa shape index (κ1) is 21.1. The molecule has 0 saturated heterocycles. The van der Waals surface area contributed by atoms with Crippen LogP contribution in [0.4, 0.5) is 4.39 Å². The molecule has 1 aliphatic carbocycles. The van der Waals surface area contributed by atoms with Gasteiger partial charge in [-0.05, 0) is 42.5 Å². The molecule has 1 aromatic heterocycles. The summed E-state index contributed by atoms with van der Waals surface area (Å²) in [5, 5.41) is 2.90. The standard InChI is InChI=1S/C24H26FN3O3/c1-30-22-5-3-2-4-19(22)14-28(13-18-8-10-20(25)11-9-18)15-23-27-21(16-31-23)24(29)26-12-17-6-7-17/h2-5,8-11,16-17H,6-7,12-15H2,1H3,(H,26,29). The van der Waals surface area contributed by atoms with Gasteiger partial charge in [-0.3, -0.25) is 9.69 Å². The van der Waals surface area contributed by atoms with Gasteiger partial charge in [0.1, 0.15) is 17.8 Å². The summed E-state index contributed by atoms with van der Waals surface area (Å²) < 4.78 is 24.4. The predicted octanol–water partition coefficient (Wildman–Crippen LogP) is 4.16. The minimum absolute atomic E-state index is 0.211. The fraction of sp³-hybridized carbons (Fsp3) is 0.333. The summed E-state index contributed by atoms with van der Waals surface area (Å²) in [6, 6.07) is 14.2. The van der Waals surface area contributed by atoms with Gasteiger partial charge in [-0.1, -0.05) is 30.3 Å². The van der Waals surface area contributed by atoms with E-state index in [9.17, 15) is 9.18 Å². The van der Waals surface area contributed by atoms with Crippen LogP contribution in [0, 0.1) is 11.7 Å². The molecule has 1 amide bonds. The SMILES string of the molecule is COc1ccccc1CN(Cc1ccc(F)cc1)Cc1nc(C(=O)NCC2CC2)co1. The number of nitrogens with one attached hydrogen (secondary N) is 1. The lowest BCUT2D eigenvalue weighted by atomic mass is 10.1. The average Bonchev–Trinajstić information content (AvgIpc) is 3.50. The van der Waals surface area contributed by atoms with Crippen molar-refractivity contribution in [3.63, 3.8) is 0 Å². The van der Waals surface area contributed by atoms with E-state index in [2.05, 4.69) is 15.2 Å². The average molecular weight is 423 g/mol. The summed E-state index contributed by atoms with van der Waals surface area (Å²) >= 11 is 0. The van der Waals surface area contributed by atoms with Crippen molar-refractivity contribution in [2.45, 2.75) is 32.5 Å². The predicted molar refractivity (Wildman–Crippen MR) is 114 cm³/mol. The lowest BCUT2D eigenvalue weighted by Crippen LogP contribution is -2.26. The monoisotopic (exact) mass is 423 g/mol. The van der Waals surface area contributed by atoms with Gasteiger partial charge in [-0.15, -0.1) is 0 Å². The number of benzene rings is 2. The Labute approximate surface area is 181 Å². The molecular weight excluding hydrogens is 397 g/mol. The maximum atomic E-state index is 13.3. The van der Waals surface area contributed by atoms with Gasteiger partial charge < -0.3 is 14.5 Å². The van der Waals surface area contributed by atoms with E-state index in [-0.39, 0.29) is 17.4 Å². The highest BCUT2D eigenvalue weighted by atomic mass is 19.1. The van der Waals surface area contributed by atoms with Gasteiger partial charge >= 0.3 is 0 Å². The Morgan fingerprint density at radius 3 is 2.68 bits per heavy atom. The molecule has 1 saturated carbocycles. The van der Waals surface area contributed by atoms with E-state index in [1.807, 2.05) is 24.3 Å². The Hall–Kier alpha value is -3.19. The number of hydrogen-bond acceptors (Lipinski definition) is 5. The Morgan fingerprint density at radius 1 is 1.16 bits per heavy atom. The molecule has 4 rings (SSSR count). The molecule has 0 radical (unpaired) electrons. The van der Waals surface area contributed by atoms with Crippen LogP contribution in [0.5, 0.6) is 5.75 Å². The molecule has 31 heavy (non-hydrogen) atoms. The van der Waals surface area contributed by atoms with Gasteiger partial charge in [0, 0.05) is 25.2 Å². The molecule has 1 fully saturated rings. The quantitative estimate of drug-likeness (QED) is 0.530. The second-order valence-electron chi connectivity index (χ2n) is 7.86. The molecule has 1 N–H and O–H groups in total. The van der Waals surface area contributed by atoms with E-state index in [0.717, 1.165) is 16.9 Å². The van der Waals surface area contributed by atoms with Crippen LogP contribution in [0.1, 0.15) is 40.3 Å². The number of ether oxygens (including phenoxy) is 1. The second-order valence-corrected chi connectivity index (χ2v) is 7.86. The van der Waals surface area contributed by atoms with Crippen LogP contribution in [0.3, 0.4) is 0 Å². The molecule has 3 aromatic rings. The van der Waals surface area contributed by atoms with E-state index >= 15 is 0 Å². The van der Waals surface area contributed by atoms with Crippen molar-refractivity contribution in [1.29, 1.82) is 0 Å². The number of amides is 1. The maximum Gasteiger partial charge on any atom is 0.273 e. The van der Waals surface area contributed by atoms with E-state index in [4.69, 9.17) is 9.15 Å². The number of rotatable bonds is 10. The molecule has 0 spiro atoms. The zero-order chi connectivity index (χ0) is 21.6. The number of aromatic nitrogens is 1. The normalized spacial score (nSPS) is 13.4. The smallest absolute Gasteiger partial charge is 0.273 e. The summed E-state index contributed by atoms with van der Waals surface area (Å²) in [7, 11) is 1.64. The lowest BCUT2D eigenvalue weighted by Gasteiger charge is -2.22. The number of halogens is 1. The van der Waals surface area contributed by atoms with Gasteiger partial charge in [-0.2, -0.15) is 0 Å². The molecule has 6 nitrogen and oxygen atoms in total. The fourth-order valence-electron chi connectivity index (χ4n) is 3.42. The minimum atomic E-state index is -0.269. The molecule has 1 heterocycles. The Kier molecular flexibility index (Phi) is 6.62. The van der Waals surface area contributed by atoms with Crippen molar-refractivity contribution < 1.29 is 18.3 Å². The molecule has 162 valence electrons. The minimum Gasteiger partial charge on any atom is -0.496 e. The zero-order valence-electron chi connectivity index (χ0n) is 17.5. The van der Waals surface area contributed by atoms with Gasteiger partial charge in [-0.25, -0.2) is 9.37 Å². The van der Waals surface area contributed by atoms with Gasteiger partial charge in [0.25, 0.3) is 5.91 Å². The number of hydrogen-bond donors (Lipinski definition) is 1. The highest BCUT2D eigenvalue weighted by Gasteiger charge is 2.23. The summed E-state index contributed by atoms with van der Waals surface area (Å²) in [5.41, 5.74) is 2.26. The molecule has 0 aliphatic heterocycles. The van der Waals surface area contributed by atoms with Gasteiger partial charge in [0.2, 0.25) is 5.89 Å². The van der Waals surface area contributed by atoms with Crippen LogP contribution in [0.2, 0.25) is 0 Å². The molecule has 2 aromatic carbocycles. The first-order valence-electron chi connectivity index (χ1n) is 10.4. The molecule has 0 unspecified atom stereocenters. The highest BCUT2D eigenvalue weighted by Crippen LogP contribution is 2.27. The van der Waals surface area contributed by atoms with Gasteiger partial charge in [0.15, 0.2) is 5.69 Å². The summed E-state index contributed by atoms with van der Waals surface area (Å²) in [6.07, 6.45) is 3.74. The fourth-order valence-corrected chi connectivity index (χ4v) is 3.42. The van der Waals surface area contributed by atoms with Crippen LogP contribution in [0.15, 0.2) is 59.2 Å². The number of carbonyl (C=O) groups is 1. The van der Waals surface area contributed by atoms with E-state index in [0.29, 0.717) is 38.0 Å². The van der Waals surface area contributed by atoms with Gasteiger partial charge in [0.05, 0.1) is 13.7 Å². The second kappa shape index (κ2) is 9.75. The Morgan fingerprint density at radius 2 is 1.94 bits per heavy atom. The first-order valence-corrected chi connectivity index (χ1v) is 10.4. The Bertz CT molecular complexity index is 1010. The molecular formula is C24H26FN3O3. The number of nitrogens with zero attached hydrogens (tertiary/aromatic N) is 2.